The van der Waals surface area contributed by atoms with Crippen molar-refractivity contribution in [3.8, 4) is 0 Å². The monoisotopic (exact) mass is 214 g/mol. The number of hydrogen-bond donors (Lipinski definition) is 1. The lowest BCUT2D eigenvalue weighted by Crippen LogP contribution is -2.25. The zero-order valence-corrected chi connectivity index (χ0v) is 9.28. The third-order valence-electron chi connectivity index (χ3n) is 2.70. The predicted octanol–water partition coefficient (Wildman–Crippen LogP) is 1.95. The Labute approximate surface area is 89.9 Å². The standard InChI is InChI=1S/C11H18O4/c1-4-11(3)14-7-9(15-11)6-5-8(2)10(12)13/h9H,2,4-7H2,1,3H3,(H,12,13). The van der Waals surface area contributed by atoms with Crippen LogP contribution >= 0.6 is 0 Å². The lowest BCUT2D eigenvalue weighted by atomic mass is 10.1. The molecule has 1 aliphatic heterocycles. The molecule has 86 valence electrons. The molecule has 0 saturated carbocycles. The van der Waals surface area contributed by atoms with Crippen molar-refractivity contribution < 1.29 is 19.4 Å². The maximum absolute atomic E-state index is 10.5. The van der Waals surface area contributed by atoms with E-state index in [9.17, 15) is 4.79 Å². The Kier molecular flexibility index (Phi) is 3.88. The van der Waals surface area contributed by atoms with Crippen LogP contribution < -0.4 is 0 Å². The normalized spacial score (nSPS) is 30.4. The molecule has 0 spiro atoms. The van der Waals surface area contributed by atoms with E-state index in [2.05, 4.69) is 6.58 Å². The number of rotatable bonds is 5. The van der Waals surface area contributed by atoms with E-state index in [0.717, 1.165) is 6.42 Å². The zero-order valence-electron chi connectivity index (χ0n) is 9.28. The molecule has 15 heavy (non-hydrogen) atoms. The van der Waals surface area contributed by atoms with Crippen molar-refractivity contribution in [3.05, 3.63) is 12.2 Å². The number of aliphatic carboxylic acids is 1. The number of carbonyl (C=O) groups is 1. The van der Waals surface area contributed by atoms with Gasteiger partial charge in [-0.3, -0.25) is 0 Å². The van der Waals surface area contributed by atoms with Gasteiger partial charge in [-0.2, -0.15) is 0 Å². The Bertz CT molecular complexity index is 261. The van der Waals surface area contributed by atoms with E-state index in [0.29, 0.717) is 19.4 Å². The van der Waals surface area contributed by atoms with Gasteiger partial charge in [0.25, 0.3) is 0 Å². The molecule has 0 radical (unpaired) electrons. The van der Waals surface area contributed by atoms with Gasteiger partial charge in [0, 0.05) is 5.57 Å². The minimum atomic E-state index is -0.938. The molecule has 0 aromatic rings. The third-order valence-corrected chi connectivity index (χ3v) is 2.70. The van der Waals surface area contributed by atoms with E-state index in [1.807, 2.05) is 13.8 Å². The maximum atomic E-state index is 10.5. The molecular weight excluding hydrogens is 196 g/mol. The van der Waals surface area contributed by atoms with Crippen LogP contribution in [-0.2, 0) is 14.3 Å². The number of carboxylic acids is 1. The van der Waals surface area contributed by atoms with Crippen LogP contribution in [0, 0.1) is 0 Å². The predicted molar refractivity (Wildman–Crippen MR) is 55.5 cm³/mol. The van der Waals surface area contributed by atoms with E-state index >= 15 is 0 Å². The fourth-order valence-electron chi connectivity index (χ4n) is 1.46. The van der Waals surface area contributed by atoms with Crippen molar-refractivity contribution >= 4 is 5.97 Å². The Morgan fingerprint density at radius 1 is 1.67 bits per heavy atom. The van der Waals surface area contributed by atoms with E-state index < -0.39 is 11.8 Å². The van der Waals surface area contributed by atoms with Gasteiger partial charge in [0.05, 0.1) is 12.7 Å². The number of hydrogen-bond acceptors (Lipinski definition) is 3. The fourth-order valence-corrected chi connectivity index (χ4v) is 1.46. The summed E-state index contributed by atoms with van der Waals surface area (Å²) >= 11 is 0. The first-order valence-electron chi connectivity index (χ1n) is 5.19. The van der Waals surface area contributed by atoms with Gasteiger partial charge in [-0.15, -0.1) is 0 Å². The van der Waals surface area contributed by atoms with E-state index in [1.54, 1.807) is 0 Å². The highest BCUT2D eigenvalue weighted by Gasteiger charge is 2.35. The molecule has 1 aliphatic rings. The third kappa shape index (κ3) is 3.32. The number of carboxylic acid groups (broad SMARTS) is 1. The van der Waals surface area contributed by atoms with Crippen LogP contribution in [-0.4, -0.2) is 29.6 Å². The molecule has 1 rings (SSSR count). The van der Waals surface area contributed by atoms with Gasteiger partial charge in [0.2, 0.25) is 0 Å². The van der Waals surface area contributed by atoms with Crippen LogP contribution in [0.25, 0.3) is 0 Å². The molecule has 0 amide bonds. The van der Waals surface area contributed by atoms with E-state index in [1.165, 1.54) is 0 Å². The smallest absolute Gasteiger partial charge is 0.330 e. The number of ether oxygens (including phenoxy) is 2. The maximum Gasteiger partial charge on any atom is 0.330 e. The lowest BCUT2D eigenvalue weighted by molar-refractivity contribution is -0.155. The van der Waals surface area contributed by atoms with Crippen LogP contribution in [0.3, 0.4) is 0 Å². The van der Waals surface area contributed by atoms with Crippen molar-refractivity contribution in [2.75, 3.05) is 6.61 Å². The fraction of sp³-hybridized carbons (Fsp3) is 0.727. The summed E-state index contributed by atoms with van der Waals surface area (Å²) in [4.78, 5) is 10.5. The van der Waals surface area contributed by atoms with Gasteiger partial charge in [0.15, 0.2) is 5.79 Å². The lowest BCUT2D eigenvalue weighted by Gasteiger charge is -2.21. The average molecular weight is 214 g/mol. The molecule has 1 heterocycles. The van der Waals surface area contributed by atoms with Crippen LogP contribution in [0.15, 0.2) is 12.2 Å². The summed E-state index contributed by atoms with van der Waals surface area (Å²) < 4.78 is 11.2. The summed E-state index contributed by atoms with van der Waals surface area (Å²) in [5.41, 5.74) is 0.226. The Morgan fingerprint density at radius 3 is 2.80 bits per heavy atom. The summed E-state index contributed by atoms with van der Waals surface area (Å²) in [6.45, 7) is 7.92. The second-order valence-corrected chi connectivity index (χ2v) is 3.99. The highest BCUT2D eigenvalue weighted by molar-refractivity contribution is 5.85. The molecule has 0 aromatic carbocycles. The van der Waals surface area contributed by atoms with Crippen molar-refractivity contribution in [2.24, 2.45) is 0 Å². The van der Waals surface area contributed by atoms with Gasteiger partial charge in [-0.25, -0.2) is 4.79 Å². The Balaban J connectivity index is 2.31. The zero-order chi connectivity index (χ0) is 11.5. The average Bonchev–Trinajstić information content (AvgIpc) is 2.57. The second-order valence-electron chi connectivity index (χ2n) is 3.99. The van der Waals surface area contributed by atoms with Gasteiger partial charge >= 0.3 is 5.97 Å². The van der Waals surface area contributed by atoms with Crippen LogP contribution in [0.4, 0.5) is 0 Å². The molecular formula is C11H18O4. The minimum absolute atomic E-state index is 0.00829. The highest BCUT2D eigenvalue weighted by Crippen LogP contribution is 2.28. The SMILES string of the molecule is C=C(CCC1COC(C)(CC)O1)C(=O)O. The quantitative estimate of drug-likeness (QED) is 0.711. The summed E-state index contributed by atoms with van der Waals surface area (Å²) in [6.07, 6.45) is 1.89. The molecule has 0 aromatic heterocycles. The Hall–Kier alpha value is -0.870. The molecule has 1 fully saturated rings. The van der Waals surface area contributed by atoms with Crippen LogP contribution in [0.5, 0.6) is 0 Å². The van der Waals surface area contributed by atoms with Gasteiger partial charge < -0.3 is 14.6 Å². The van der Waals surface area contributed by atoms with Crippen molar-refractivity contribution in [1.29, 1.82) is 0 Å². The topological polar surface area (TPSA) is 55.8 Å². The summed E-state index contributed by atoms with van der Waals surface area (Å²) in [5.74, 6) is -1.43. The minimum Gasteiger partial charge on any atom is -0.478 e. The molecule has 1 N–H and O–H groups in total. The molecule has 0 bridgehead atoms. The molecule has 2 atom stereocenters. The van der Waals surface area contributed by atoms with Crippen LogP contribution in [0.1, 0.15) is 33.1 Å². The molecule has 0 aliphatic carbocycles. The van der Waals surface area contributed by atoms with Gasteiger partial charge in [0.1, 0.15) is 0 Å². The van der Waals surface area contributed by atoms with Gasteiger partial charge in [-0.05, 0) is 26.2 Å². The summed E-state index contributed by atoms with van der Waals surface area (Å²) in [7, 11) is 0. The first-order chi connectivity index (χ1) is 6.97. The van der Waals surface area contributed by atoms with E-state index in [-0.39, 0.29) is 11.7 Å². The van der Waals surface area contributed by atoms with Crippen LogP contribution in [0.2, 0.25) is 0 Å². The van der Waals surface area contributed by atoms with Crippen molar-refractivity contribution in [3.63, 3.8) is 0 Å². The molecule has 1 saturated heterocycles. The molecule has 4 heteroatoms. The Morgan fingerprint density at radius 2 is 2.33 bits per heavy atom. The largest absolute Gasteiger partial charge is 0.478 e. The summed E-state index contributed by atoms with van der Waals surface area (Å²) in [6, 6.07) is 0. The summed E-state index contributed by atoms with van der Waals surface area (Å²) in [5, 5.41) is 8.63. The van der Waals surface area contributed by atoms with Crippen molar-refractivity contribution in [1.82, 2.24) is 0 Å². The van der Waals surface area contributed by atoms with Gasteiger partial charge in [-0.1, -0.05) is 13.5 Å². The first-order valence-corrected chi connectivity index (χ1v) is 5.19. The molecule has 2 unspecified atom stereocenters. The first kappa shape index (κ1) is 12.2. The van der Waals surface area contributed by atoms with Crippen molar-refractivity contribution in [2.45, 2.75) is 45.0 Å². The highest BCUT2D eigenvalue weighted by atomic mass is 16.7. The molecule has 4 nitrogen and oxygen atoms in total. The van der Waals surface area contributed by atoms with E-state index in [4.69, 9.17) is 14.6 Å². The second kappa shape index (κ2) is 4.77.